The zero-order chi connectivity index (χ0) is 26.8. The summed E-state index contributed by atoms with van der Waals surface area (Å²) in [4.78, 5) is 7.18. The number of rotatable bonds is 3. The summed E-state index contributed by atoms with van der Waals surface area (Å²) < 4.78 is 0. The molecule has 0 N–H and O–H groups in total. The smallest absolute Gasteiger partial charge is 0.0353 e. The van der Waals surface area contributed by atoms with Gasteiger partial charge in [-0.25, -0.2) is 0 Å². The Bertz CT molecular complexity index is 2060. The molecular weight excluding hydrogens is 502 g/mol. The zero-order valence-corrected chi connectivity index (χ0v) is 23.3. The third kappa shape index (κ3) is 3.39. The molecule has 0 bridgehead atoms. The highest BCUT2D eigenvalue weighted by Crippen LogP contribution is 2.51. The summed E-state index contributed by atoms with van der Waals surface area (Å²) in [7, 11) is 0. The summed E-state index contributed by atoms with van der Waals surface area (Å²) >= 11 is 1.86. The first-order chi connectivity index (χ1) is 19.6. The van der Waals surface area contributed by atoms with E-state index in [0.717, 1.165) is 0 Å². The lowest BCUT2D eigenvalue weighted by atomic mass is 9.81. The SMILES string of the molecule is CC1(C)c2ccccc2-c2ccc(-c3c4ccccc4c(Sc4cccc5ccccc45)c4ccncc34)cc21. The van der Waals surface area contributed by atoms with E-state index in [9.17, 15) is 0 Å². The molecule has 0 amide bonds. The van der Waals surface area contributed by atoms with Crippen molar-refractivity contribution >= 4 is 44.1 Å². The van der Waals surface area contributed by atoms with Crippen molar-refractivity contribution in [3.8, 4) is 22.3 Å². The van der Waals surface area contributed by atoms with E-state index in [2.05, 4.69) is 140 Å². The van der Waals surface area contributed by atoms with Gasteiger partial charge < -0.3 is 0 Å². The van der Waals surface area contributed by atoms with Crippen molar-refractivity contribution in [2.24, 2.45) is 0 Å². The standard InChI is InChI=1S/C38H27NS/c1-38(2)33-16-8-7-13-27(33)28-19-18-25(22-34(28)38)36-29-14-5-6-15-30(29)37(31-20-21-39-23-32(31)36)40-35-17-9-11-24-10-3-4-12-26(24)35/h3-23H,1-2H3. The van der Waals surface area contributed by atoms with Gasteiger partial charge in [0, 0.05) is 33.0 Å². The Labute approximate surface area is 238 Å². The molecule has 190 valence electrons. The van der Waals surface area contributed by atoms with Gasteiger partial charge in [0.25, 0.3) is 0 Å². The Kier molecular flexibility index (Phi) is 5.17. The van der Waals surface area contributed by atoms with Gasteiger partial charge >= 0.3 is 0 Å². The molecule has 6 aromatic carbocycles. The second-order valence-corrected chi connectivity index (χ2v) is 12.2. The van der Waals surface area contributed by atoms with Crippen LogP contribution < -0.4 is 0 Å². The van der Waals surface area contributed by atoms with E-state index in [4.69, 9.17) is 0 Å². The van der Waals surface area contributed by atoms with E-state index in [1.54, 1.807) is 0 Å². The summed E-state index contributed by atoms with van der Waals surface area (Å²) in [5.41, 5.74) is 7.95. The molecule has 2 heteroatoms. The van der Waals surface area contributed by atoms with Crippen LogP contribution in [0, 0.1) is 0 Å². The quantitative estimate of drug-likeness (QED) is 0.211. The first-order valence-corrected chi connectivity index (χ1v) is 14.6. The maximum absolute atomic E-state index is 4.63. The third-order valence-electron chi connectivity index (χ3n) is 8.61. The van der Waals surface area contributed by atoms with E-state index in [1.165, 1.54) is 75.5 Å². The van der Waals surface area contributed by atoms with Gasteiger partial charge in [-0.3, -0.25) is 4.98 Å². The van der Waals surface area contributed by atoms with Crippen LogP contribution in [0.4, 0.5) is 0 Å². The van der Waals surface area contributed by atoms with Crippen molar-refractivity contribution in [3.05, 3.63) is 139 Å². The van der Waals surface area contributed by atoms with Gasteiger partial charge in [0.15, 0.2) is 0 Å². The molecule has 1 aliphatic rings. The van der Waals surface area contributed by atoms with Crippen molar-refractivity contribution in [3.63, 3.8) is 0 Å². The third-order valence-corrected chi connectivity index (χ3v) is 9.83. The molecule has 1 aliphatic carbocycles. The first kappa shape index (κ1) is 23.5. The van der Waals surface area contributed by atoms with E-state index in [-0.39, 0.29) is 5.41 Å². The number of aromatic nitrogens is 1. The predicted octanol–water partition coefficient (Wildman–Crippen LogP) is 10.7. The average molecular weight is 530 g/mol. The fraction of sp³-hybridized carbons (Fsp3) is 0.0789. The molecule has 8 rings (SSSR count). The fourth-order valence-electron chi connectivity index (χ4n) is 6.66. The van der Waals surface area contributed by atoms with Crippen LogP contribution in [0.25, 0.3) is 54.6 Å². The molecule has 1 heterocycles. The van der Waals surface area contributed by atoms with Crippen molar-refractivity contribution in [2.45, 2.75) is 29.1 Å². The second-order valence-electron chi connectivity index (χ2n) is 11.2. The van der Waals surface area contributed by atoms with Gasteiger partial charge in [0.1, 0.15) is 0 Å². The first-order valence-electron chi connectivity index (χ1n) is 13.8. The Morgan fingerprint density at radius 2 is 1.27 bits per heavy atom. The number of hydrogen-bond donors (Lipinski definition) is 0. The lowest BCUT2D eigenvalue weighted by Crippen LogP contribution is -2.14. The van der Waals surface area contributed by atoms with Crippen molar-refractivity contribution in [1.82, 2.24) is 4.98 Å². The van der Waals surface area contributed by atoms with Gasteiger partial charge in [-0.15, -0.1) is 0 Å². The lowest BCUT2D eigenvalue weighted by Gasteiger charge is -2.23. The molecular formula is C38H27NS. The molecule has 1 aromatic heterocycles. The number of fused-ring (bicyclic) bond motifs is 6. The summed E-state index contributed by atoms with van der Waals surface area (Å²) in [6.45, 7) is 4.70. The normalized spacial score (nSPS) is 13.6. The Balaban J connectivity index is 1.39. The van der Waals surface area contributed by atoms with E-state index >= 15 is 0 Å². The van der Waals surface area contributed by atoms with E-state index in [0.29, 0.717) is 0 Å². The van der Waals surface area contributed by atoms with Crippen LogP contribution in [0.15, 0.2) is 137 Å². The minimum absolute atomic E-state index is 0.0457. The molecule has 0 saturated heterocycles. The summed E-state index contributed by atoms with van der Waals surface area (Å²) in [5, 5.41) is 7.52. The van der Waals surface area contributed by atoms with Crippen LogP contribution in [0.1, 0.15) is 25.0 Å². The number of hydrogen-bond acceptors (Lipinski definition) is 2. The molecule has 7 aromatic rings. The predicted molar refractivity (Wildman–Crippen MR) is 170 cm³/mol. The minimum atomic E-state index is -0.0457. The summed E-state index contributed by atoms with van der Waals surface area (Å²) in [6, 6.07) is 42.2. The molecule has 40 heavy (non-hydrogen) atoms. The number of pyridine rings is 1. The highest BCUT2D eigenvalue weighted by atomic mass is 32.2. The summed E-state index contributed by atoms with van der Waals surface area (Å²) in [6.07, 6.45) is 3.98. The summed E-state index contributed by atoms with van der Waals surface area (Å²) in [5.74, 6) is 0. The van der Waals surface area contributed by atoms with Gasteiger partial charge in [-0.2, -0.15) is 0 Å². The van der Waals surface area contributed by atoms with Gasteiger partial charge in [-0.05, 0) is 78.5 Å². The molecule has 1 nitrogen and oxygen atoms in total. The zero-order valence-electron chi connectivity index (χ0n) is 22.5. The van der Waals surface area contributed by atoms with Crippen molar-refractivity contribution in [2.75, 3.05) is 0 Å². The maximum Gasteiger partial charge on any atom is 0.0353 e. The number of benzene rings is 6. The minimum Gasteiger partial charge on any atom is -0.264 e. The Hall–Kier alpha value is -4.40. The Morgan fingerprint density at radius 1 is 0.575 bits per heavy atom. The van der Waals surface area contributed by atoms with Crippen LogP contribution in [-0.2, 0) is 5.41 Å². The highest BCUT2D eigenvalue weighted by Gasteiger charge is 2.35. The molecule has 0 atom stereocenters. The lowest BCUT2D eigenvalue weighted by molar-refractivity contribution is 0.660. The molecule has 0 unspecified atom stereocenters. The van der Waals surface area contributed by atoms with Crippen LogP contribution in [0.3, 0.4) is 0 Å². The molecule has 0 spiro atoms. The average Bonchev–Trinajstić information content (AvgIpc) is 3.23. The second kappa shape index (κ2) is 8.81. The van der Waals surface area contributed by atoms with E-state index < -0.39 is 0 Å². The topological polar surface area (TPSA) is 12.9 Å². The van der Waals surface area contributed by atoms with Crippen molar-refractivity contribution < 1.29 is 0 Å². The van der Waals surface area contributed by atoms with Gasteiger partial charge in [0.05, 0.1) is 0 Å². The molecule has 0 aliphatic heterocycles. The molecule has 0 saturated carbocycles. The van der Waals surface area contributed by atoms with Crippen LogP contribution in [0.2, 0.25) is 0 Å². The van der Waals surface area contributed by atoms with Crippen LogP contribution >= 0.6 is 11.8 Å². The molecule has 0 fully saturated rings. The van der Waals surface area contributed by atoms with Crippen LogP contribution in [0.5, 0.6) is 0 Å². The largest absolute Gasteiger partial charge is 0.264 e. The monoisotopic (exact) mass is 529 g/mol. The van der Waals surface area contributed by atoms with Gasteiger partial charge in [-0.1, -0.05) is 123 Å². The maximum atomic E-state index is 4.63. The van der Waals surface area contributed by atoms with E-state index in [1.807, 2.05) is 18.0 Å². The van der Waals surface area contributed by atoms with Gasteiger partial charge in [0.2, 0.25) is 0 Å². The van der Waals surface area contributed by atoms with Crippen molar-refractivity contribution in [1.29, 1.82) is 0 Å². The number of nitrogens with zero attached hydrogens (tertiary/aromatic N) is 1. The fourth-order valence-corrected chi connectivity index (χ4v) is 7.89. The Morgan fingerprint density at radius 3 is 2.17 bits per heavy atom. The highest BCUT2D eigenvalue weighted by molar-refractivity contribution is 8.00. The van der Waals surface area contributed by atoms with Crippen LogP contribution in [-0.4, -0.2) is 4.98 Å². The molecule has 0 radical (unpaired) electrons.